The second-order valence-corrected chi connectivity index (χ2v) is 8.92. The summed E-state index contributed by atoms with van der Waals surface area (Å²) in [5.74, 6) is 0.0560. The molecule has 1 aliphatic carbocycles. The smallest absolute Gasteiger partial charge is 0.254 e. The van der Waals surface area contributed by atoms with Crippen molar-refractivity contribution in [2.75, 3.05) is 21.2 Å². The van der Waals surface area contributed by atoms with E-state index in [0.29, 0.717) is 12.1 Å². The lowest BCUT2D eigenvalue weighted by atomic mass is 10.1. The normalized spacial score (nSPS) is 14.2. The Morgan fingerprint density at radius 2 is 1.78 bits per heavy atom. The molecule has 0 atom stereocenters. The van der Waals surface area contributed by atoms with Gasteiger partial charge in [-0.3, -0.25) is 4.79 Å². The molecule has 0 unspecified atom stereocenters. The van der Waals surface area contributed by atoms with Crippen LogP contribution in [0, 0.1) is 0 Å². The Labute approximate surface area is 160 Å². The molecule has 144 valence electrons. The van der Waals surface area contributed by atoms with E-state index in [1.54, 1.807) is 6.07 Å². The number of carbonyl (C=O) groups excluding carboxylic acids is 1. The fraction of sp³-hybridized carbons (Fsp3) is 0.350. The van der Waals surface area contributed by atoms with E-state index in [0.717, 1.165) is 22.7 Å². The summed E-state index contributed by atoms with van der Waals surface area (Å²) in [5, 5.41) is 0. The van der Waals surface area contributed by atoms with Crippen LogP contribution >= 0.6 is 0 Å². The molecular formula is C20H24N2O4S. The van der Waals surface area contributed by atoms with Gasteiger partial charge in [0.05, 0.1) is 7.11 Å². The summed E-state index contributed by atoms with van der Waals surface area (Å²) in [6, 6.07) is 14.6. The van der Waals surface area contributed by atoms with Crippen molar-refractivity contribution in [2.24, 2.45) is 0 Å². The second-order valence-electron chi connectivity index (χ2n) is 6.80. The molecule has 1 fully saturated rings. The number of carbonyl (C=O) groups is 1. The van der Waals surface area contributed by atoms with Gasteiger partial charge in [-0.2, -0.15) is 0 Å². The van der Waals surface area contributed by atoms with Gasteiger partial charge in [-0.25, -0.2) is 12.7 Å². The second kappa shape index (κ2) is 7.70. The van der Waals surface area contributed by atoms with Crippen LogP contribution in [0.1, 0.15) is 28.8 Å². The van der Waals surface area contributed by atoms with Crippen LogP contribution in [0.4, 0.5) is 0 Å². The third-order valence-corrected chi connectivity index (χ3v) is 6.45. The van der Waals surface area contributed by atoms with E-state index in [-0.39, 0.29) is 22.6 Å². The third kappa shape index (κ3) is 4.14. The topological polar surface area (TPSA) is 66.9 Å². The van der Waals surface area contributed by atoms with Crippen LogP contribution < -0.4 is 4.74 Å². The Hall–Kier alpha value is -2.38. The van der Waals surface area contributed by atoms with Crippen LogP contribution in [-0.4, -0.2) is 50.8 Å². The van der Waals surface area contributed by atoms with E-state index in [4.69, 9.17) is 4.74 Å². The van der Waals surface area contributed by atoms with Gasteiger partial charge in [-0.1, -0.05) is 30.3 Å². The zero-order valence-corrected chi connectivity index (χ0v) is 16.6. The van der Waals surface area contributed by atoms with E-state index in [1.807, 2.05) is 35.2 Å². The highest BCUT2D eigenvalue weighted by molar-refractivity contribution is 7.89. The highest BCUT2D eigenvalue weighted by Crippen LogP contribution is 2.32. The average Bonchev–Trinajstić information content (AvgIpc) is 3.50. The lowest BCUT2D eigenvalue weighted by Gasteiger charge is -2.23. The van der Waals surface area contributed by atoms with Crippen molar-refractivity contribution in [1.29, 1.82) is 0 Å². The first-order valence-corrected chi connectivity index (χ1v) is 10.2. The SMILES string of the molecule is COc1ccc(C(=O)N(Cc2ccccc2)C2CC2)cc1S(=O)(=O)N(C)C. The van der Waals surface area contributed by atoms with Crippen molar-refractivity contribution in [1.82, 2.24) is 9.21 Å². The first-order valence-electron chi connectivity index (χ1n) is 8.80. The Kier molecular flexibility index (Phi) is 5.53. The first kappa shape index (κ1) is 19.4. The van der Waals surface area contributed by atoms with Gasteiger partial charge < -0.3 is 9.64 Å². The van der Waals surface area contributed by atoms with Gasteiger partial charge in [0.1, 0.15) is 10.6 Å². The van der Waals surface area contributed by atoms with Gasteiger partial charge in [-0.05, 0) is 36.6 Å². The average molecular weight is 388 g/mol. The summed E-state index contributed by atoms with van der Waals surface area (Å²) < 4.78 is 31.5. The van der Waals surface area contributed by atoms with Gasteiger partial charge in [0.2, 0.25) is 10.0 Å². The zero-order valence-electron chi connectivity index (χ0n) is 15.8. The minimum absolute atomic E-state index is 0.00342. The summed E-state index contributed by atoms with van der Waals surface area (Å²) >= 11 is 0. The molecule has 0 saturated heterocycles. The summed E-state index contributed by atoms with van der Waals surface area (Å²) in [6.45, 7) is 0.506. The van der Waals surface area contributed by atoms with Crippen molar-refractivity contribution >= 4 is 15.9 Å². The summed E-state index contributed by atoms with van der Waals surface area (Å²) in [5.41, 5.74) is 1.39. The number of sulfonamides is 1. The Balaban J connectivity index is 1.95. The highest BCUT2D eigenvalue weighted by Gasteiger charge is 2.34. The molecule has 2 aromatic rings. The molecule has 2 aromatic carbocycles. The molecule has 7 heteroatoms. The minimum Gasteiger partial charge on any atom is -0.495 e. The molecule has 1 amide bonds. The van der Waals surface area contributed by atoms with Crippen molar-refractivity contribution in [3.63, 3.8) is 0 Å². The van der Waals surface area contributed by atoms with Crippen LogP contribution in [0.5, 0.6) is 5.75 Å². The largest absolute Gasteiger partial charge is 0.495 e. The number of rotatable bonds is 7. The number of amides is 1. The lowest BCUT2D eigenvalue weighted by Crippen LogP contribution is -2.33. The number of methoxy groups -OCH3 is 1. The van der Waals surface area contributed by atoms with Gasteiger partial charge in [0, 0.05) is 32.2 Å². The molecule has 1 saturated carbocycles. The number of hydrogen-bond donors (Lipinski definition) is 0. The number of nitrogens with zero attached hydrogens (tertiary/aromatic N) is 2. The third-order valence-electron chi connectivity index (χ3n) is 4.61. The highest BCUT2D eigenvalue weighted by atomic mass is 32.2. The number of hydrogen-bond acceptors (Lipinski definition) is 4. The Bertz CT molecular complexity index is 922. The quantitative estimate of drug-likeness (QED) is 0.731. The van der Waals surface area contributed by atoms with Crippen LogP contribution in [-0.2, 0) is 16.6 Å². The predicted octanol–water partition coefficient (Wildman–Crippen LogP) is 2.75. The van der Waals surface area contributed by atoms with E-state index < -0.39 is 10.0 Å². The Morgan fingerprint density at radius 1 is 1.11 bits per heavy atom. The molecule has 0 heterocycles. The van der Waals surface area contributed by atoms with E-state index >= 15 is 0 Å². The van der Waals surface area contributed by atoms with E-state index in [9.17, 15) is 13.2 Å². The van der Waals surface area contributed by atoms with Gasteiger partial charge in [0.15, 0.2) is 0 Å². The summed E-state index contributed by atoms with van der Waals surface area (Å²) in [4.78, 5) is 15.0. The molecular weight excluding hydrogens is 364 g/mol. The maximum Gasteiger partial charge on any atom is 0.254 e. The monoisotopic (exact) mass is 388 g/mol. The fourth-order valence-corrected chi connectivity index (χ4v) is 3.98. The van der Waals surface area contributed by atoms with Crippen molar-refractivity contribution in [2.45, 2.75) is 30.3 Å². The molecule has 0 bridgehead atoms. The molecule has 0 N–H and O–H groups in total. The summed E-state index contributed by atoms with van der Waals surface area (Å²) in [7, 11) is 0.594. The molecule has 0 spiro atoms. The van der Waals surface area contributed by atoms with Crippen LogP contribution in [0.2, 0.25) is 0 Å². The fourth-order valence-electron chi connectivity index (χ4n) is 2.91. The van der Waals surface area contributed by atoms with Crippen LogP contribution in [0.25, 0.3) is 0 Å². The molecule has 1 aliphatic rings. The predicted molar refractivity (Wildman–Crippen MR) is 103 cm³/mol. The van der Waals surface area contributed by atoms with Gasteiger partial charge in [-0.15, -0.1) is 0 Å². The Morgan fingerprint density at radius 3 is 2.33 bits per heavy atom. The van der Waals surface area contributed by atoms with E-state index in [2.05, 4.69) is 0 Å². The molecule has 0 aromatic heterocycles. The van der Waals surface area contributed by atoms with Gasteiger partial charge >= 0.3 is 0 Å². The molecule has 6 nitrogen and oxygen atoms in total. The maximum absolute atomic E-state index is 13.2. The minimum atomic E-state index is -3.73. The van der Waals surface area contributed by atoms with Crippen LogP contribution in [0.3, 0.4) is 0 Å². The number of ether oxygens (including phenoxy) is 1. The maximum atomic E-state index is 13.2. The first-order chi connectivity index (χ1) is 12.8. The standard InChI is InChI=1S/C20H24N2O4S/c1-21(2)27(24,25)19-13-16(9-12-18(19)26-3)20(23)22(17-10-11-17)14-15-7-5-4-6-8-15/h4-9,12-13,17H,10-11,14H2,1-3H3. The molecule has 3 rings (SSSR count). The van der Waals surface area contributed by atoms with E-state index in [1.165, 1.54) is 33.3 Å². The lowest BCUT2D eigenvalue weighted by molar-refractivity contribution is 0.0729. The zero-order chi connectivity index (χ0) is 19.6. The molecule has 0 aliphatic heterocycles. The summed E-state index contributed by atoms with van der Waals surface area (Å²) in [6.07, 6.45) is 1.94. The van der Waals surface area contributed by atoms with Gasteiger partial charge in [0.25, 0.3) is 5.91 Å². The van der Waals surface area contributed by atoms with Crippen molar-refractivity contribution < 1.29 is 17.9 Å². The molecule has 27 heavy (non-hydrogen) atoms. The number of benzene rings is 2. The van der Waals surface area contributed by atoms with Crippen molar-refractivity contribution in [3.05, 3.63) is 59.7 Å². The van der Waals surface area contributed by atoms with Crippen molar-refractivity contribution in [3.8, 4) is 5.75 Å². The molecule has 0 radical (unpaired) electrons. The van der Waals surface area contributed by atoms with Crippen LogP contribution in [0.15, 0.2) is 53.4 Å².